The molecule has 0 radical (unpaired) electrons. The number of rotatable bonds is 8. The molecule has 1 unspecified atom stereocenters. The molecule has 7 heteroatoms. The number of guanidine groups is 1. The first-order valence-electron chi connectivity index (χ1n) is 8.77. The number of aliphatic imine (C=N–C) groups is 1. The zero-order valence-electron chi connectivity index (χ0n) is 15.8. The Kier molecular flexibility index (Phi) is 12.4. The molecule has 1 rings (SSSR count). The number of hydrogen-bond acceptors (Lipinski definition) is 3. The molecule has 0 aliphatic carbocycles. The maximum absolute atomic E-state index is 12.0. The number of carbonyl (C=O) groups is 1. The molecular weight excluding hydrogens is 419 g/mol. The number of hydrogen-bond donors (Lipinski definition) is 2. The van der Waals surface area contributed by atoms with E-state index in [1.54, 1.807) is 7.05 Å². The second-order valence-corrected chi connectivity index (χ2v) is 6.86. The van der Waals surface area contributed by atoms with Gasteiger partial charge < -0.3 is 20.3 Å². The lowest BCUT2D eigenvalue weighted by Gasteiger charge is -2.20. The van der Waals surface area contributed by atoms with Gasteiger partial charge in [-0.05, 0) is 18.8 Å². The average molecular weight is 454 g/mol. The Morgan fingerprint density at radius 3 is 2.58 bits per heavy atom. The van der Waals surface area contributed by atoms with Crippen LogP contribution in [0.3, 0.4) is 0 Å². The molecule has 0 aromatic rings. The second kappa shape index (κ2) is 12.7. The van der Waals surface area contributed by atoms with Gasteiger partial charge in [0, 0.05) is 45.2 Å². The van der Waals surface area contributed by atoms with E-state index >= 15 is 0 Å². The van der Waals surface area contributed by atoms with E-state index in [0.29, 0.717) is 12.5 Å². The summed E-state index contributed by atoms with van der Waals surface area (Å²) in [5, 5.41) is 6.65. The molecule has 24 heavy (non-hydrogen) atoms. The zero-order chi connectivity index (χ0) is 17.2. The van der Waals surface area contributed by atoms with Gasteiger partial charge in [0.1, 0.15) is 0 Å². The van der Waals surface area contributed by atoms with Crippen LogP contribution in [0.4, 0.5) is 0 Å². The minimum absolute atomic E-state index is 0. The Morgan fingerprint density at radius 2 is 2.00 bits per heavy atom. The third kappa shape index (κ3) is 9.05. The van der Waals surface area contributed by atoms with E-state index in [2.05, 4.69) is 29.5 Å². The largest absolute Gasteiger partial charge is 0.380 e. The van der Waals surface area contributed by atoms with Crippen LogP contribution in [0, 0.1) is 11.8 Å². The molecule has 0 saturated carbocycles. The molecule has 1 fully saturated rings. The van der Waals surface area contributed by atoms with Gasteiger partial charge >= 0.3 is 0 Å². The van der Waals surface area contributed by atoms with Crippen LogP contribution in [0.5, 0.6) is 0 Å². The van der Waals surface area contributed by atoms with Crippen molar-refractivity contribution in [3.05, 3.63) is 0 Å². The van der Waals surface area contributed by atoms with Gasteiger partial charge in [-0.2, -0.15) is 0 Å². The molecule has 142 valence electrons. The molecule has 1 aliphatic rings. The van der Waals surface area contributed by atoms with Crippen LogP contribution in [0.15, 0.2) is 4.99 Å². The predicted octanol–water partition coefficient (Wildman–Crippen LogP) is 2.09. The number of halogens is 1. The van der Waals surface area contributed by atoms with Crippen LogP contribution in [0.1, 0.15) is 40.5 Å². The minimum atomic E-state index is 0. The van der Waals surface area contributed by atoms with Gasteiger partial charge in [0.2, 0.25) is 5.91 Å². The van der Waals surface area contributed by atoms with Crippen molar-refractivity contribution in [3.8, 4) is 0 Å². The summed E-state index contributed by atoms with van der Waals surface area (Å²) in [6, 6.07) is 0.269. The lowest BCUT2D eigenvalue weighted by Crippen LogP contribution is -2.46. The third-order valence-corrected chi connectivity index (χ3v) is 3.94. The summed E-state index contributed by atoms with van der Waals surface area (Å²) in [5.41, 5.74) is 0. The van der Waals surface area contributed by atoms with E-state index in [9.17, 15) is 4.79 Å². The highest BCUT2D eigenvalue weighted by Gasteiger charge is 2.27. The van der Waals surface area contributed by atoms with E-state index < -0.39 is 0 Å². The first-order valence-corrected chi connectivity index (χ1v) is 8.77. The Hall–Kier alpha value is -0.570. The summed E-state index contributed by atoms with van der Waals surface area (Å²) < 4.78 is 5.59. The van der Waals surface area contributed by atoms with Gasteiger partial charge in [0.25, 0.3) is 0 Å². The van der Waals surface area contributed by atoms with Crippen LogP contribution in [-0.4, -0.2) is 62.7 Å². The van der Waals surface area contributed by atoms with E-state index in [1.807, 2.05) is 18.7 Å². The van der Waals surface area contributed by atoms with Gasteiger partial charge in [-0.1, -0.05) is 27.7 Å². The lowest BCUT2D eigenvalue weighted by molar-refractivity contribution is -0.133. The van der Waals surface area contributed by atoms with Crippen molar-refractivity contribution in [2.24, 2.45) is 16.8 Å². The van der Waals surface area contributed by atoms with E-state index in [-0.39, 0.29) is 41.8 Å². The smallest absolute Gasteiger partial charge is 0.225 e. The fourth-order valence-corrected chi connectivity index (χ4v) is 2.49. The quantitative estimate of drug-likeness (QED) is 0.255. The van der Waals surface area contributed by atoms with Gasteiger partial charge in [-0.25, -0.2) is 0 Å². The molecule has 0 aromatic carbocycles. The molecule has 1 aliphatic heterocycles. The molecular formula is C17H35IN4O2. The summed E-state index contributed by atoms with van der Waals surface area (Å²) in [6.45, 7) is 12.1. The van der Waals surface area contributed by atoms with Crippen molar-refractivity contribution in [1.29, 1.82) is 0 Å². The number of nitrogens with zero attached hydrogens (tertiary/aromatic N) is 2. The van der Waals surface area contributed by atoms with E-state index in [0.717, 1.165) is 45.0 Å². The Morgan fingerprint density at radius 1 is 1.29 bits per heavy atom. The summed E-state index contributed by atoms with van der Waals surface area (Å²) in [5.74, 6) is 1.75. The van der Waals surface area contributed by atoms with Crippen molar-refractivity contribution < 1.29 is 9.53 Å². The van der Waals surface area contributed by atoms with Crippen molar-refractivity contribution >= 4 is 35.8 Å². The average Bonchev–Trinajstić information content (AvgIpc) is 2.96. The fraction of sp³-hybridized carbons (Fsp3) is 0.882. The first-order chi connectivity index (χ1) is 10.9. The number of likely N-dealkylation sites (tertiary alicyclic amines) is 1. The Labute approximate surface area is 164 Å². The Balaban J connectivity index is 0.00000529. The van der Waals surface area contributed by atoms with Crippen LogP contribution in [0.2, 0.25) is 0 Å². The Bertz CT molecular complexity index is 389. The maximum atomic E-state index is 12.0. The van der Waals surface area contributed by atoms with Crippen molar-refractivity contribution in [1.82, 2.24) is 15.5 Å². The molecule has 0 bridgehead atoms. The maximum Gasteiger partial charge on any atom is 0.225 e. The molecule has 0 aromatic heterocycles. The molecule has 6 nitrogen and oxygen atoms in total. The van der Waals surface area contributed by atoms with Crippen LogP contribution < -0.4 is 10.6 Å². The minimum Gasteiger partial charge on any atom is -0.380 e. The summed E-state index contributed by atoms with van der Waals surface area (Å²) in [4.78, 5) is 18.2. The summed E-state index contributed by atoms with van der Waals surface area (Å²) in [7, 11) is 1.76. The van der Waals surface area contributed by atoms with E-state index in [1.165, 1.54) is 0 Å². The number of carbonyl (C=O) groups excluding carboxylic acids is 1. The van der Waals surface area contributed by atoms with Gasteiger partial charge in [-0.3, -0.25) is 9.79 Å². The SMILES string of the molecule is CN=C(NCCOCCC(C)C)NC1CCN(C(=O)C(C)C)C1.I. The second-order valence-electron chi connectivity index (χ2n) is 6.86. The van der Waals surface area contributed by atoms with Crippen molar-refractivity contribution in [3.63, 3.8) is 0 Å². The standard InChI is InChI=1S/C17H34N4O2.HI/c1-13(2)7-10-23-11-8-19-17(18-5)20-15-6-9-21(12-15)16(22)14(3)4;/h13-15H,6-12H2,1-5H3,(H2,18,19,20);1H. The molecule has 2 N–H and O–H groups in total. The van der Waals surface area contributed by atoms with Gasteiger partial charge in [-0.15, -0.1) is 24.0 Å². The van der Waals surface area contributed by atoms with Crippen LogP contribution in [-0.2, 0) is 9.53 Å². The molecule has 1 saturated heterocycles. The molecule has 1 heterocycles. The number of amides is 1. The normalized spacial score (nSPS) is 18.0. The molecule has 0 spiro atoms. The van der Waals surface area contributed by atoms with Crippen molar-refractivity contribution in [2.45, 2.75) is 46.6 Å². The predicted molar refractivity (Wildman–Crippen MR) is 110 cm³/mol. The summed E-state index contributed by atoms with van der Waals surface area (Å²) in [6.07, 6.45) is 2.05. The van der Waals surface area contributed by atoms with Gasteiger partial charge in [0.15, 0.2) is 5.96 Å². The summed E-state index contributed by atoms with van der Waals surface area (Å²) >= 11 is 0. The van der Waals surface area contributed by atoms with Crippen LogP contribution >= 0.6 is 24.0 Å². The molecule has 1 amide bonds. The highest BCUT2D eigenvalue weighted by Crippen LogP contribution is 2.12. The van der Waals surface area contributed by atoms with E-state index in [4.69, 9.17) is 4.74 Å². The van der Waals surface area contributed by atoms with Gasteiger partial charge in [0.05, 0.1) is 6.61 Å². The molecule has 1 atom stereocenters. The van der Waals surface area contributed by atoms with Crippen LogP contribution in [0.25, 0.3) is 0 Å². The zero-order valence-corrected chi connectivity index (χ0v) is 18.1. The number of nitrogens with one attached hydrogen (secondary N) is 2. The third-order valence-electron chi connectivity index (χ3n) is 3.94. The highest BCUT2D eigenvalue weighted by atomic mass is 127. The number of ether oxygens (including phenoxy) is 1. The monoisotopic (exact) mass is 454 g/mol. The first kappa shape index (κ1) is 23.4. The highest BCUT2D eigenvalue weighted by molar-refractivity contribution is 14.0. The topological polar surface area (TPSA) is 66.0 Å². The van der Waals surface area contributed by atoms with Crippen molar-refractivity contribution in [2.75, 3.05) is 39.9 Å². The fourth-order valence-electron chi connectivity index (χ4n) is 2.49. The lowest BCUT2D eigenvalue weighted by atomic mass is 10.1.